The molecule has 0 atom stereocenters. The van der Waals surface area contributed by atoms with Gasteiger partial charge in [0.1, 0.15) is 0 Å². The first kappa shape index (κ1) is 7.64. The predicted octanol–water partition coefficient (Wildman–Crippen LogP) is 3.61. The second-order valence-electron chi connectivity index (χ2n) is 4.87. The molecule has 2 rings (SSSR count). The Morgan fingerprint density at radius 3 is 2.00 bits per heavy atom. The molecule has 11 heavy (non-hydrogen) atoms. The van der Waals surface area contributed by atoms with Gasteiger partial charge in [-0.3, -0.25) is 0 Å². The van der Waals surface area contributed by atoms with Crippen LogP contribution in [0.15, 0.2) is 0 Å². The maximum absolute atomic E-state index is 2.43. The van der Waals surface area contributed by atoms with E-state index in [1.165, 1.54) is 38.5 Å². The first-order valence-corrected chi connectivity index (χ1v) is 5.26. The average Bonchev–Trinajstić information content (AvgIpc) is 2.40. The molecule has 0 spiro atoms. The van der Waals surface area contributed by atoms with Crippen molar-refractivity contribution in [2.45, 2.75) is 52.4 Å². The Bertz CT molecular complexity index is 136. The van der Waals surface area contributed by atoms with Gasteiger partial charge < -0.3 is 0 Å². The van der Waals surface area contributed by atoms with E-state index >= 15 is 0 Å². The average molecular weight is 152 g/mol. The molecule has 0 aromatic heterocycles. The fourth-order valence-corrected chi connectivity index (χ4v) is 3.66. The quantitative estimate of drug-likeness (QED) is 0.538. The second kappa shape index (κ2) is 2.50. The van der Waals surface area contributed by atoms with Crippen LogP contribution in [-0.2, 0) is 0 Å². The van der Waals surface area contributed by atoms with E-state index in [1.807, 2.05) is 0 Å². The Hall–Kier alpha value is 0. The highest BCUT2D eigenvalue weighted by molar-refractivity contribution is 4.97. The first-order chi connectivity index (χ1) is 5.26. The molecular weight excluding hydrogens is 132 g/mol. The van der Waals surface area contributed by atoms with Crippen molar-refractivity contribution in [1.82, 2.24) is 0 Å². The highest BCUT2D eigenvalue weighted by atomic mass is 14.5. The summed E-state index contributed by atoms with van der Waals surface area (Å²) in [6, 6.07) is 0. The highest BCUT2D eigenvalue weighted by Gasteiger charge is 2.47. The van der Waals surface area contributed by atoms with Gasteiger partial charge in [0.2, 0.25) is 0 Å². The molecule has 0 saturated heterocycles. The monoisotopic (exact) mass is 152 g/mol. The van der Waals surface area contributed by atoms with Crippen LogP contribution < -0.4 is 0 Å². The van der Waals surface area contributed by atoms with E-state index in [0.717, 1.165) is 17.3 Å². The summed E-state index contributed by atoms with van der Waals surface area (Å²) in [5.41, 5.74) is 0.806. The van der Waals surface area contributed by atoms with E-state index in [1.54, 1.807) is 0 Å². The summed E-state index contributed by atoms with van der Waals surface area (Å²) in [6.45, 7) is 4.87. The minimum Gasteiger partial charge on any atom is -0.0622 e. The topological polar surface area (TPSA) is 0 Å². The van der Waals surface area contributed by atoms with E-state index in [-0.39, 0.29) is 0 Å². The minimum absolute atomic E-state index is 0.806. The molecule has 64 valence electrons. The van der Waals surface area contributed by atoms with Gasteiger partial charge in [0, 0.05) is 0 Å². The zero-order chi connectivity index (χ0) is 7.90. The van der Waals surface area contributed by atoms with Crippen molar-refractivity contribution in [1.29, 1.82) is 0 Å². The molecule has 2 aliphatic carbocycles. The molecule has 0 unspecified atom stereocenters. The molecular formula is C11H20. The summed E-state index contributed by atoms with van der Waals surface area (Å²) < 4.78 is 0. The van der Waals surface area contributed by atoms with Crippen LogP contribution in [0.25, 0.3) is 0 Å². The van der Waals surface area contributed by atoms with Crippen LogP contribution in [-0.4, -0.2) is 0 Å². The lowest BCUT2D eigenvalue weighted by Crippen LogP contribution is -2.26. The van der Waals surface area contributed by atoms with E-state index in [9.17, 15) is 0 Å². The molecule has 0 aromatic carbocycles. The molecule has 0 N–H and O–H groups in total. The van der Waals surface area contributed by atoms with Crippen LogP contribution in [0.5, 0.6) is 0 Å². The molecule has 0 bridgehead atoms. The van der Waals surface area contributed by atoms with Gasteiger partial charge in [0.25, 0.3) is 0 Å². The van der Waals surface area contributed by atoms with Gasteiger partial charge in [-0.1, -0.05) is 26.7 Å². The van der Waals surface area contributed by atoms with Gasteiger partial charge in [0.15, 0.2) is 0 Å². The van der Waals surface area contributed by atoms with Crippen molar-refractivity contribution in [2.24, 2.45) is 17.3 Å². The molecule has 0 aromatic rings. The molecule has 2 aliphatic rings. The lowest BCUT2D eigenvalue weighted by molar-refractivity contribution is 0.155. The summed E-state index contributed by atoms with van der Waals surface area (Å²) in [6.07, 6.45) is 9.19. The van der Waals surface area contributed by atoms with Crippen LogP contribution in [0.4, 0.5) is 0 Å². The van der Waals surface area contributed by atoms with Crippen molar-refractivity contribution in [3.63, 3.8) is 0 Å². The van der Waals surface area contributed by atoms with E-state index in [2.05, 4.69) is 13.8 Å². The van der Waals surface area contributed by atoms with Crippen LogP contribution >= 0.6 is 0 Å². The van der Waals surface area contributed by atoms with Crippen molar-refractivity contribution in [2.75, 3.05) is 0 Å². The normalized spacial score (nSPS) is 43.4. The molecule has 0 aliphatic heterocycles. The summed E-state index contributed by atoms with van der Waals surface area (Å²) in [4.78, 5) is 0. The molecule has 0 amide bonds. The van der Waals surface area contributed by atoms with Gasteiger partial charge >= 0.3 is 0 Å². The molecule has 0 nitrogen and oxygen atoms in total. The van der Waals surface area contributed by atoms with Crippen LogP contribution in [0.3, 0.4) is 0 Å². The van der Waals surface area contributed by atoms with Crippen molar-refractivity contribution in [3.05, 3.63) is 0 Å². The van der Waals surface area contributed by atoms with Gasteiger partial charge in [-0.15, -0.1) is 0 Å². The Morgan fingerprint density at radius 2 is 1.64 bits per heavy atom. The summed E-state index contributed by atoms with van der Waals surface area (Å²) >= 11 is 0. The third kappa shape index (κ3) is 0.947. The standard InChI is InChI=1S/C11H20/c1-9(2)11-7-3-5-10(11)6-4-8-11/h9-10H,3-8H2,1-2H3. The number of hydrogen-bond acceptors (Lipinski definition) is 0. The predicted molar refractivity (Wildman–Crippen MR) is 48.5 cm³/mol. The molecule has 2 fully saturated rings. The van der Waals surface area contributed by atoms with Gasteiger partial charge in [0.05, 0.1) is 0 Å². The van der Waals surface area contributed by atoms with Crippen molar-refractivity contribution < 1.29 is 0 Å². The first-order valence-electron chi connectivity index (χ1n) is 5.26. The van der Waals surface area contributed by atoms with Crippen LogP contribution in [0.1, 0.15) is 52.4 Å². The summed E-state index contributed by atoms with van der Waals surface area (Å²) in [7, 11) is 0. The maximum atomic E-state index is 2.43. The second-order valence-corrected chi connectivity index (χ2v) is 4.87. The molecule has 0 heterocycles. The largest absolute Gasteiger partial charge is 0.0622 e. The maximum Gasteiger partial charge on any atom is -0.0246 e. The Morgan fingerprint density at radius 1 is 1.09 bits per heavy atom. The van der Waals surface area contributed by atoms with E-state index in [0.29, 0.717) is 0 Å². The summed E-state index contributed by atoms with van der Waals surface area (Å²) in [5, 5.41) is 0. The third-order valence-electron chi connectivity index (χ3n) is 4.35. The van der Waals surface area contributed by atoms with Crippen molar-refractivity contribution >= 4 is 0 Å². The highest BCUT2D eigenvalue weighted by Crippen LogP contribution is 2.58. The number of hydrogen-bond donors (Lipinski definition) is 0. The SMILES string of the molecule is CC(C)C12CCCC1CCC2. The van der Waals surface area contributed by atoms with Crippen LogP contribution in [0.2, 0.25) is 0 Å². The zero-order valence-electron chi connectivity index (χ0n) is 7.90. The van der Waals surface area contributed by atoms with Crippen molar-refractivity contribution in [3.8, 4) is 0 Å². The Labute approximate surface area is 70.4 Å². The van der Waals surface area contributed by atoms with E-state index in [4.69, 9.17) is 0 Å². The van der Waals surface area contributed by atoms with Gasteiger partial charge in [-0.2, -0.15) is 0 Å². The lowest BCUT2D eigenvalue weighted by atomic mass is 9.71. The van der Waals surface area contributed by atoms with Gasteiger partial charge in [-0.05, 0) is 42.9 Å². The fourth-order valence-electron chi connectivity index (χ4n) is 3.66. The minimum atomic E-state index is 0.806. The smallest absolute Gasteiger partial charge is 0.0246 e. The Balaban J connectivity index is 2.20. The Kier molecular flexibility index (Phi) is 1.74. The zero-order valence-corrected chi connectivity index (χ0v) is 7.90. The number of fused-ring (bicyclic) bond motifs is 1. The number of rotatable bonds is 1. The van der Waals surface area contributed by atoms with E-state index < -0.39 is 0 Å². The third-order valence-corrected chi connectivity index (χ3v) is 4.35. The molecule has 0 heteroatoms. The fraction of sp³-hybridized carbons (Fsp3) is 1.00. The summed E-state index contributed by atoms with van der Waals surface area (Å²) in [5.74, 6) is 2.06. The van der Waals surface area contributed by atoms with Gasteiger partial charge in [-0.25, -0.2) is 0 Å². The lowest BCUT2D eigenvalue weighted by Gasteiger charge is -2.33. The molecule has 0 radical (unpaired) electrons. The van der Waals surface area contributed by atoms with Crippen LogP contribution in [0, 0.1) is 17.3 Å². The molecule has 2 saturated carbocycles.